The number of nitrogens with zero attached hydrogens (tertiary/aromatic N) is 2. The lowest BCUT2D eigenvalue weighted by Crippen LogP contribution is -2.08. The molecule has 4 nitrogen and oxygen atoms in total. The predicted octanol–water partition coefficient (Wildman–Crippen LogP) is 4.41. The zero-order valence-electron chi connectivity index (χ0n) is 13.9. The average molecular weight is 330 g/mol. The maximum Gasteiger partial charge on any atom is 0.358 e. The van der Waals surface area contributed by atoms with E-state index in [1.165, 1.54) is 0 Å². The van der Waals surface area contributed by atoms with Crippen LogP contribution in [0.1, 0.15) is 29.0 Å². The maximum atomic E-state index is 12.2. The standard InChI is InChI=1S/C21H18N2O2/c1-2-25-21(24)18-14-20(16-9-3-4-10-16)23(22-18)19-13-7-11-15-8-5-6-12-17(15)19/h3-14,16H,2H2,1H3. The second kappa shape index (κ2) is 6.40. The molecule has 3 aromatic rings. The topological polar surface area (TPSA) is 44.1 Å². The molecule has 0 saturated carbocycles. The Morgan fingerprint density at radius 1 is 1.12 bits per heavy atom. The van der Waals surface area contributed by atoms with Crippen LogP contribution < -0.4 is 0 Å². The van der Waals surface area contributed by atoms with Gasteiger partial charge in [-0.15, -0.1) is 0 Å². The summed E-state index contributed by atoms with van der Waals surface area (Å²) in [5.41, 5.74) is 2.24. The van der Waals surface area contributed by atoms with E-state index in [1.54, 1.807) is 6.92 Å². The highest BCUT2D eigenvalue weighted by molar-refractivity contribution is 5.91. The number of ether oxygens (including phenoxy) is 1. The normalized spacial score (nSPS) is 13.6. The summed E-state index contributed by atoms with van der Waals surface area (Å²) in [5, 5.41) is 6.80. The van der Waals surface area contributed by atoms with Crippen molar-refractivity contribution in [2.75, 3.05) is 6.61 Å². The smallest absolute Gasteiger partial charge is 0.358 e. The van der Waals surface area contributed by atoms with Gasteiger partial charge in [0.15, 0.2) is 5.69 Å². The summed E-state index contributed by atoms with van der Waals surface area (Å²) < 4.78 is 6.99. The van der Waals surface area contributed by atoms with Gasteiger partial charge in [0.25, 0.3) is 0 Å². The summed E-state index contributed by atoms with van der Waals surface area (Å²) >= 11 is 0. The lowest BCUT2D eigenvalue weighted by atomic mass is 10.1. The summed E-state index contributed by atoms with van der Waals surface area (Å²) in [4.78, 5) is 12.2. The zero-order valence-corrected chi connectivity index (χ0v) is 13.9. The van der Waals surface area contributed by atoms with Crippen molar-refractivity contribution in [3.63, 3.8) is 0 Å². The largest absolute Gasteiger partial charge is 0.461 e. The number of hydrogen-bond acceptors (Lipinski definition) is 3. The van der Waals surface area contributed by atoms with Crippen LogP contribution in [0.15, 0.2) is 72.8 Å². The number of fused-ring (bicyclic) bond motifs is 1. The molecule has 4 rings (SSSR count). The minimum absolute atomic E-state index is 0.0923. The van der Waals surface area contributed by atoms with Crippen LogP contribution in [-0.2, 0) is 4.74 Å². The van der Waals surface area contributed by atoms with Crippen molar-refractivity contribution < 1.29 is 9.53 Å². The maximum absolute atomic E-state index is 12.2. The molecule has 0 aliphatic heterocycles. The molecule has 4 heteroatoms. The van der Waals surface area contributed by atoms with E-state index < -0.39 is 5.97 Å². The van der Waals surface area contributed by atoms with E-state index in [0.29, 0.717) is 12.3 Å². The van der Waals surface area contributed by atoms with E-state index in [-0.39, 0.29) is 5.92 Å². The monoisotopic (exact) mass is 330 g/mol. The van der Waals surface area contributed by atoms with E-state index in [9.17, 15) is 4.79 Å². The van der Waals surface area contributed by atoms with Gasteiger partial charge in [-0.2, -0.15) is 5.10 Å². The van der Waals surface area contributed by atoms with Crippen LogP contribution in [0.5, 0.6) is 0 Å². The van der Waals surface area contributed by atoms with Crippen molar-refractivity contribution in [3.8, 4) is 5.69 Å². The van der Waals surface area contributed by atoms with Gasteiger partial charge in [0.2, 0.25) is 0 Å². The van der Waals surface area contributed by atoms with Crippen LogP contribution in [0.4, 0.5) is 0 Å². The number of allylic oxidation sites excluding steroid dienone is 4. The quantitative estimate of drug-likeness (QED) is 0.666. The molecule has 0 amide bonds. The molecule has 0 bridgehead atoms. The van der Waals surface area contributed by atoms with Crippen molar-refractivity contribution in [2.45, 2.75) is 12.8 Å². The second-order valence-electron chi connectivity index (χ2n) is 5.88. The first-order valence-corrected chi connectivity index (χ1v) is 8.38. The molecule has 0 unspecified atom stereocenters. The van der Waals surface area contributed by atoms with Crippen molar-refractivity contribution in [1.29, 1.82) is 0 Å². The lowest BCUT2D eigenvalue weighted by molar-refractivity contribution is 0.0519. The van der Waals surface area contributed by atoms with Crippen molar-refractivity contribution >= 4 is 16.7 Å². The first-order chi connectivity index (χ1) is 12.3. The Kier molecular flexibility index (Phi) is 3.94. The third kappa shape index (κ3) is 2.76. The summed E-state index contributed by atoms with van der Waals surface area (Å²) in [7, 11) is 0. The van der Waals surface area contributed by atoms with Gasteiger partial charge in [-0.25, -0.2) is 9.48 Å². The number of esters is 1. The van der Waals surface area contributed by atoms with Crippen LogP contribution in [0.3, 0.4) is 0 Å². The number of rotatable bonds is 4. The van der Waals surface area contributed by atoms with Crippen molar-refractivity contribution in [3.05, 3.63) is 84.2 Å². The number of aromatic nitrogens is 2. The number of carbonyl (C=O) groups is 1. The Labute approximate surface area is 146 Å². The fraction of sp³-hybridized carbons (Fsp3) is 0.143. The molecular formula is C21H18N2O2. The minimum Gasteiger partial charge on any atom is -0.461 e. The molecular weight excluding hydrogens is 312 g/mol. The molecule has 124 valence electrons. The van der Waals surface area contributed by atoms with Crippen LogP contribution >= 0.6 is 0 Å². The van der Waals surface area contributed by atoms with Gasteiger partial charge < -0.3 is 4.74 Å². The third-order valence-electron chi connectivity index (χ3n) is 4.31. The van der Waals surface area contributed by atoms with Gasteiger partial charge in [0.1, 0.15) is 0 Å². The van der Waals surface area contributed by atoms with Crippen LogP contribution in [0.2, 0.25) is 0 Å². The Morgan fingerprint density at radius 2 is 1.88 bits per heavy atom. The summed E-state index contributed by atoms with van der Waals surface area (Å²) in [6.45, 7) is 2.13. The predicted molar refractivity (Wildman–Crippen MR) is 98.0 cm³/mol. The molecule has 1 aromatic heterocycles. The Bertz CT molecular complexity index is 981. The fourth-order valence-electron chi connectivity index (χ4n) is 3.15. The van der Waals surface area contributed by atoms with Crippen LogP contribution in [0, 0.1) is 0 Å². The molecule has 0 N–H and O–H groups in total. The van der Waals surface area contributed by atoms with Gasteiger partial charge >= 0.3 is 5.97 Å². The van der Waals surface area contributed by atoms with Crippen molar-refractivity contribution in [2.24, 2.45) is 0 Å². The summed E-state index contributed by atoms with van der Waals surface area (Å²) in [6, 6.07) is 16.1. The third-order valence-corrected chi connectivity index (χ3v) is 4.31. The van der Waals surface area contributed by atoms with Gasteiger partial charge in [0, 0.05) is 11.3 Å². The van der Waals surface area contributed by atoms with Gasteiger partial charge in [-0.3, -0.25) is 0 Å². The summed E-state index contributed by atoms with van der Waals surface area (Å²) in [5.74, 6) is -0.302. The highest BCUT2D eigenvalue weighted by Gasteiger charge is 2.21. The average Bonchev–Trinajstić information content (AvgIpc) is 3.31. The molecule has 0 spiro atoms. The Balaban J connectivity index is 1.91. The van der Waals surface area contributed by atoms with E-state index in [0.717, 1.165) is 22.2 Å². The summed E-state index contributed by atoms with van der Waals surface area (Å²) in [6.07, 6.45) is 8.20. The first kappa shape index (κ1) is 15.4. The molecule has 0 saturated heterocycles. The number of hydrogen-bond donors (Lipinski definition) is 0. The van der Waals surface area contributed by atoms with E-state index in [1.807, 2.05) is 47.2 Å². The van der Waals surface area contributed by atoms with Crippen LogP contribution in [0.25, 0.3) is 16.5 Å². The molecule has 0 atom stereocenters. The molecule has 0 radical (unpaired) electrons. The van der Waals surface area contributed by atoms with Gasteiger partial charge in [0.05, 0.1) is 18.0 Å². The Morgan fingerprint density at radius 3 is 2.68 bits per heavy atom. The van der Waals surface area contributed by atoms with Crippen molar-refractivity contribution in [1.82, 2.24) is 9.78 Å². The van der Waals surface area contributed by atoms with Gasteiger partial charge in [-0.1, -0.05) is 60.7 Å². The van der Waals surface area contributed by atoms with E-state index in [2.05, 4.69) is 35.4 Å². The second-order valence-corrected chi connectivity index (χ2v) is 5.88. The highest BCUT2D eigenvalue weighted by atomic mass is 16.5. The molecule has 1 heterocycles. The number of benzene rings is 2. The molecule has 2 aromatic carbocycles. The SMILES string of the molecule is CCOC(=O)c1cc(C2C=CC=C2)n(-c2cccc3ccccc23)n1. The number of carbonyl (C=O) groups excluding carboxylic acids is 1. The fourth-order valence-corrected chi connectivity index (χ4v) is 3.15. The Hall–Kier alpha value is -3.14. The minimum atomic E-state index is -0.395. The first-order valence-electron chi connectivity index (χ1n) is 8.38. The zero-order chi connectivity index (χ0) is 17.2. The molecule has 0 fully saturated rings. The van der Waals surface area contributed by atoms with Gasteiger partial charge in [-0.05, 0) is 24.4 Å². The highest BCUT2D eigenvalue weighted by Crippen LogP contribution is 2.29. The molecule has 25 heavy (non-hydrogen) atoms. The van der Waals surface area contributed by atoms with E-state index in [4.69, 9.17) is 4.74 Å². The molecule has 1 aliphatic carbocycles. The van der Waals surface area contributed by atoms with E-state index >= 15 is 0 Å². The van der Waals surface area contributed by atoms with Crippen LogP contribution in [-0.4, -0.2) is 22.4 Å². The lowest BCUT2D eigenvalue weighted by Gasteiger charge is -2.12. The molecule has 1 aliphatic rings.